The monoisotopic (exact) mass is 724 g/mol. The number of rotatable bonds is 10. The van der Waals surface area contributed by atoms with Crippen LogP contribution in [0.2, 0.25) is 0 Å². The Morgan fingerprint density at radius 2 is 0.870 bits per heavy atom. The molecule has 0 bridgehead atoms. The Balaban J connectivity index is 5.91. The molecule has 0 spiro atoms. The highest BCUT2D eigenvalue weighted by atomic mass is 33.4. The molecule has 0 rings (SSSR count). The van der Waals surface area contributed by atoms with E-state index in [2.05, 4.69) is 98.2 Å². The molecule has 0 aromatic carbocycles. The van der Waals surface area contributed by atoms with Gasteiger partial charge in [0.25, 0.3) is 0 Å². The highest BCUT2D eigenvalue weighted by molar-refractivity contribution is 9.33. The first-order valence-corrected chi connectivity index (χ1v) is 44.6. The van der Waals surface area contributed by atoms with Crippen LogP contribution in [0.1, 0.15) is 0 Å². The van der Waals surface area contributed by atoms with E-state index < -0.39 is 21.6 Å². The first-order chi connectivity index (χ1) is 10.5. The molecule has 0 heterocycles. The van der Waals surface area contributed by atoms with Gasteiger partial charge in [0.05, 0.1) is 0 Å². The second kappa shape index (κ2) is 17.8. The lowest BCUT2D eigenvalue weighted by molar-refractivity contribution is 0.931. The summed E-state index contributed by atoms with van der Waals surface area (Å²) >= 11 is 0. The molecule has 0 amide bonds. The van der Waals surface area contributed by atoms with Gasteiger partial charge in [-0.2, -0.15) is 0 Å². The van der Waals surface area contributed by atoms with E-state index in [4.69, 9.17) is 0 Å². The van der Waals surface area contributed by atoms with Gasteiger partial charge in [-0.15, -0.1) is 98.2 Å². The van der Waals surface area contributed by atoms with Gasteiger partial charge >= 0.3 is 0 Å². The Kier molecular flexibility index (Phi) is 25.0. The maximum absolute atomic E-state index is 16.1. The van der Waals surface area contributed by atoms with E-state index >= 15 is 4.20 Å². The molecule has 23 heteroatoms. The van der Waals surface area contributed by atoms with Crippen LogP contribution in [-0.4, -0.2) is 0 Å². The van der Waals surface area contributed by atoms with E-state index in [-0.39, 0.29) is 48.9 Å². The van der Waals surface area contributed by atoms with Crippen LogP contribution in [0.5, 0.6) is 0 Å². The highest BCUT2D eigenvalue weighted by Crippen LogP contribution is 3.30. The lowest BCUT2D eigenvalue weighted by atomic mass is 18.9. The van der Waals surface area contributed by atoms with E-state index in [1.54, 1.807) is 0 Å². The van der Waals surface area contributed by atoms with E-state index in [0.29, 0.717) is 0 Å². The predicted molar refractivity (Wildman–Crippen MR) is 185 cm³/mol. The molecule has 15 atom stereocenters. The molecule has 23 heavy (non-hydrogen) atoms. The minimum absolute atomic E-state index is 0.189. The zero-order valence-corrected chi connectivity index (χ0v) is 34.3. The van der Waals surface area contributed by atoms with Crippen molar-refractivity contribution in [1.29, 1.82) is 0 Å². The van der Waals surface area contributed by atoms with Crippen molar-refractivity contribution in [3.05, 3.63) is 0 Å². The number of hydrogen-bond donors (Lipinski definition) is 0. The van der Waals surface area contributed by atoms with Gasteiger partial charge < -0.3 is 0 Å². The molecule has 140 valence electrons. The molecular weight excluding hydrogens is 700 g/mol. The van der Waals surface area contributed by atoms with Gasteiger partial charge in [-0.05, 0) is 48.9 Å². The average molecular weight is 724 g/mol. The quantitative estimate of drug-likeness (QED) is 0.197. The lowest BCUT2D eigenvalue weighted by Gasteiger charge is -2.43. The van der Waals surface area contributed by atoms with Crippen molar-refractivity contribution in [2.45, 2.75) is 0 Å². The summed E-state index contributed by atoms with van der Waals surface area (Å²) in [6.07, 6.45) is 0. The minimum Gasteiger partial charge on any atom is -0.216 e. The zero-order valence-electron chi connectivity index (χ0n) is 11.7. The summed E-state index contributed by atoms with van der Waals surface area (Å²) in [5, 5.41) is 0. The maximum Gasteiger partial charge on any atom is 0.148 e. The molecule has 0 N–H and O–H groups in total. The van der Waals surface area contributed by atoms with Crippen LogP contribution in [0.3, 0.4) is 0 Å². The topological polar surface area (TPSA) is 0 Å². The SMILES string of the molecule is FP(P(P(P)P)P(P)P)P(P(PP)P(P)P)P(P(P)P)P(P)P. The predicted octanol–water partition coefficient (Wildman–Crippen LogP) is 13.2. The van der Waals surface area contributed by atoms with Gasteiger partial charge in [0.1, 0.15) is 7.61 Å². The van der Waals surface area contributed by atoms with Gasteiger partial charge in [-0.1, -0.05) is 7.96 Å². The molecule has 0 saturated carbocycles. The van der Waals surface area contributed by atoms with Crippen LogP contribution in [-0.2, 0) is 0 Å². The van der Waals surface area contributed by atoms with Crippen LogP contribution in [0, 0.1) is 0 Å². The van der Waals surface area contributed by atoms with Crippen LogP contribution < -0.4 is 0 Å². The Morgan fingerprint density at radius 1 is 0.522 bits per heavy atom. The largest absolute Gasteiger partial charge is 0.216 e. The molecule has 0 aliphatic carbocycles. The molecule has 15 unspecified atom stereocenters. The first-order valence-electron chi connectivity index (χ1n) is 5.06. The Morgan fingerprint density at radius 3 is 1.09 bits per heavy atom. The van der Waals surface area contributed by atoms with Crippen molar-refractivity contribution >= 4 is 177 Å². The van der Waals surface area contributed by atoms with Crippen LogP contribution in [0.4, 0.5) is 4.20 Å². The third-order valence-electron chi connectivity index (χ3n) is 1.79. The Hall–Kier alpha value is 9.39. The third-order valence-corrected chi connectivity index (χ3v) is 137. The van der Waals surface area contributed by atoms with E-state index in [0.717, 1.165) is 7.96 Å². The zero-order chi connectivity index (χ0) is 18.5. The van der Waals surface area contributed by atoms with E-state index in [9.17, 15) is 0 Å². The van der Waals surface area contributed by atoms with Crippen LogP contribution in [0.25, 0.3) is 0 Å². The number of hydrogen-bond acceptors (Lipinski definition) is 0. The summed E-state index contributed by atoms with van der Waals surface area (Å²) in [6, 6.07) is 0. The summed E-state index contributed by atoms with van der Waals surface area (Å²) in [5.41, 5.74) is 0. The van der Waals surface area contributed by atoms with Gasteiger partial charge in [0, 0.05) is 14.0 Å². The molecule has 0 nitrogen and oxygen atoms in total. The fourth-order valence-electron chi connectivity index (χ4n) is 1.09. The fourth-order valence-corrected chi connectivity index (χ4v) is 242. The van der Waals surface area contributed by atoms with Gasteiger partial charge in [0.2, 0.25) is 0 Å². The fraction of sp³-hybridized carbons (Fsp3) is 0. The van der Waals surface area contributed by atoms with Crippen molar-refractivity contribution in [3.8, 4) is 0 Å². The van der Waals surface area contributed by atoms with Crippen LogP contribution in [0.15, 0.2) is 0 Å². The molecule has 0 fully saturated rings. The van der Waals surface area contributed by atoms with Crippen molar-refractivity contribution in [2.24, 2.45) is 0 Å². The first kappa shape index (κ1) is 32.4. The molecule has 0 saturated heterocycles. The van der Waals surface area contributed by atoms with E-state index in [1.165, 1.54) is 0 Å². The second-order valence-corrected chi connectivity index (χ2v) is 88.1. The van der Waals surface area contributed by atoms with Crippen molar-refractivity contribution < 1.29 is 4.20 Å². The molecule has 0 aliphatic heterocycles. The summed E-state index contributed by atoms with van der Waals surface area (Å²) in [7, 11) is 32.4. The smallest absolute Gasteiger partial charge is 0.148 e. The molecule has 0 aromatic rings. The summed E-state index contributed by atoms with van der Waals surface area (Å²) in [5.74, 6) is 0. The van der Waals surface area contributed by atoms with Crippen molar-refractivity contribution in [1.82, 2.24) is 0 Å². The minimum atomic E-state index is -1.34. The van der Waals surface area contributed by atoms with Crippen molar-refractivity contribution in [2.75, 3.05) is 0 Å². The molecular formula is H23FP22. The van der Waals surface area contributed by atoms with Crippen molar-refractivity contribution in [3.63, 3.8) is 0 Å². The molecule has 0 radical (unpaired) electrons. The summed E-state index contributed by atoms with van der Waals surface area (Å²) in [6.45, 7) is -2.70. The molecule has 0 aliphatic rings. The Labute approximate surface area is 179 Å². The molecule has 0 aromatic heterocycles. The van der Waals surface area contributed by atoms with E-state index in [1.807, 2.05) is 0 Å². The third kappa shape index (κ3) is 12.1. The highest BCUT2D eigenvalue weighted by Gasteiger charge is 2.46. The maximum atomic E-state index is 16.1. The standard InChI is InChI=1S/FH23P22/c1-14(21(16(5)6)17(7)8)22(20(13-2)15(3)4)23(18(9)10)19(11)12/h13H,2-12H2. The summed E-state index contributed by atoms with van der Waals surface area (Å²) in [4.78, 5) is 0. The Bertz CT molecular complexity index is 287. The van der Waals surface area contributed by atoms with Gasteiger partial charge in [0.15, 0.2) is 0 Å². The number of halogens is 1. The lowest BCUT2D eigenvalue weighted by Crippen LogP contribution is -1.59. The summed E-state index contributed by atoms with van der Waals surface area (Å²) < 4.78 is 16.1. The second-order valence-electron chi connectivity index (χ2n) is 3.36. The van der Waals surface area contributed by atoms with Gasteiger partial charge in [-0.3, -0.25) is 0 Å². The normalized spacial score (nSPS) is 17.9. The van der Waals surface area contributed by atoms with Gasteiger partial charge in [-0.25, -0.2) is 4.20 Å². The van der Waals surface area contributed by atoms with Crippen LogP contribution >= 0.6 is 177 Å². The average Bonchev–Trinajstić information content (AvgIpc) is 2.35.